The Morgan fingerprint density at radius 1 is 1.11 bits per heavy atom. The second kappa shape index (κ2) is 10.8. The number of aromatic nitrogens is 1. The maximum Gasteiger partial charge on any atom is 0.269 e. The van der Waals surface area contributed by atoms with Crippen LogP contribution in [0.15, 0.2) is 30.5 Å². The Bertz CT molecular complexity index is 1070. The average Bonchev–Trinajstić information content (AvgIpc) is 2.81. The third-order valence-electron chi connectivity index (χ3n) is 7.17. The van der Waals surface area contributed by atoms with Crippen molar-refractivity contribution in [2.75, 3.05) is 26.2 Å². The predicted molar refractivity (Wildman–Crippen MR) is 126 cm³/mol. The van der Waals surface area contributed by atoms with Gasteiger partial charge in [0.25, 0.3) is 5.92 Å². The highest BCUT2D eigenvalue weighted by Crippen LogP contribution is 2.36. The van der Waals surface area contributed by atoms with E-state index < -0.39 is 47.8 Å². The van der Waals surface area contributed by atoms with Crippen molar-refractivity contribution in [2.45, 2.75) is 63.6 Å². The van der Waals surface area contributed by atoms with E-state index in [0.29, 0.717) is 38.0 Å². The maximum absolute atomic E-state index is 15.1. The molecule has 0 unspecified atom stereocenters. The summed E-state index contributed by atoms with van der Waals surface area (Å²) in [6.07, 6.45) is 1.30. The molecule has 1 saturated heterocycles. The molecule has 196 valence electrons. The Labute approximate surface area is 207 Å². The molecule has 0 bridgehead atoms. The van der Waals surface area contributed by atoms with E-state index in [1.165, 1.54) is 12.3 Å². The summed E-state index contributed by atoms with van der Waals surface area (Å²) >= 11 is 0. The third-order valence-corrected chi connectivity index (χ3v) is 7.17. The summed E-state index contributed by atoms with van der Waals surface area (Å²) in [5.41, 5.74) is -0.530. The fourth-order valence-electron chi connectivity index (χ4n) is 5.24. The molecule has 1 aliphatic heterocycles. The van der Waals surface area contributed by atoms with Crippen molar-refractivity contribution in [3.8, 4) is 11.3 Å². The normalized spacial score (nSPS) is 23.1. The molecule has 5 nitrogen and oxygen atoms in total. The average molecular weight is 511 g/mol. The topological polar surface area (TPSA) is 48.5 Å². The molecule has 2 atom stereocenters. The third kappa shape index (κ3) is 5.86. The number of rotatable bonds is 6. The molecule has 2 fully saturated rings. The lowest BCUT2D eigenvalue weighted by molar-refractivity contribution is -0.133. The van der Waals surface area contributed by atoms with Crippen LogP contribution >= 0.6 is 0 Å². The number of hydrogen-bond donors (Lipinski definition) is 1. The van der Waals surface area contributed by atoms with Gasteiger partial charge in [-0.05, 0) is 44.9 Å². The zero-order valence-electron chi connectivity index (χ0n) is 20.4. The molecule has 1 aromatic carbocycles. The van der Waals surface area contributed by atoms with Gasteiger partial charge in [-0.3, -0.25) is 19.6 Å². The molecule has 1 aromatic heterocycles. The molecule has 1 N–H and O–H groups in total. The highest BCUT2D eigenvalue weighted by molar-refractivity contribution is 5.79. The molecule has 1 aliphatic carbocycles. The molecule has 2 aromatic rings. The summed E-state index contributed by atoms with van der Waals surface area (Å²) in [7, 11) is 0. The Kier molecular flexibility index (Phi) is 7.94. The molecular weight excluding hydrogens is 479 g/mol. The number of pyridine rings is 1. The van der Waals surface area contributed by atoms with Gasteiger partial charge < -0.3 is 5.32 Å². The van der Waals surface area contributed by atoms with Gasteiger partial charge >= 0.3 is 0 Å². The number of carbonyl (C=O) groups excluding carboxylic acids is 1. The van der Waals surface area contributed by atoms with Gasteiger partial charge in [0.05, 0.1) is 6.42 Å². The fraction of sp³-hybridized carbons (Fsp3) is 0.538. The Morgan fingerprint density at radius 2 is 1.78 bits per heavy atom. The minimum absolute atomic E-state index is 0.0941. The van der Waals surface area contributed by atoms with E-state index in [9.17, 15) is 13.6 Å². The number of amides is 1. The minimum atomic E-state index is -3.09. The maximum atomic E-state index is 15.1. The van der Waals surface area contributed by atoms with Gasteiger partial charge in [-0.25, -0.2) is 22.0 Å². The van der Waals surface area contributed by atoms with Gasteiger partial charge in [0.15, 0.2) is 5.82 Å². The van der Waals surface area contributed by atoms with Crippen LogP contribution in [-0.4, -0.2) is 70.9 Å². The van der Waals surface area contributed by atoms with Crippen LogP contribution in [0.1, 0.15) is 38.7 Å². The lowest BCUT2D eigenvalue weighted by Crippen LogP contribution is -2.64. The van der Waals surface area contributed by atoms with Gasteiger partial charge in [0.2, 0.25) is 5.91 Å². The second-order valence-corrected chi connectivity index (χ2v) is 9.90. The summed E-state index contributed by atoms with van der Waals surface area (Å²) in [5.74, 6) is -6.54. The van der Waals surface area contributed by atoms with Gasteiger partial charge in [-0.15, -0.1) is 0 Å². The molecule has 36 heavy (non-hydrogen) atoms. The molecule has 2 aliphatic rings. The largest absolute Gasteiger partial charge is 0.345 e. The van der Waals surface area contributed by atoms with Crippen molar-refractivity contribution in [1.29, 1.82) is 0 Å². The Hall–Kier alpha value is -2.59. The molecule has 1 saturated carbocycles. The first-order valence-electron chi connectivity index (χ1n) is 12.3. The monoisotopic (exact) mass is 510 g/mol. The first-order valence-corrected chi connectivity index (χ1v) is 12.3. The lowest BCUT2D eigenvalue weighted by Gasteiger charge is -2.47. The van der Waals surface area contributed by atoms with Gasteiger partial charge in [-0.2, -0.15) is 0 Å². The number of halogens is 5. The van der Waals surface area contributed by atoms with E-state index in [4.69, 9.17) is 0 Å². The van der Waals surface area contributed by atoms with E-state index in [1.807, 2.05) is 4.90 Å². The van der Waals surface area contributed by atoms with E-state index in [2.05, 4.69) is 29.0 Å². The second-order valence-electron chi connectivity index (χ2n) is 9.90. The molecule has 4 rings (SSSR count). The highest BCUT2D eigenvalue weighted by Gasteiger charge is 2.49. The summed E-state index contributed by atoms with van der Waals surface area (Å²) in [5, 5.41) is 2.49. The van der Waals surface area contributed by atoms with Gasteiger partial charge in [0.1, 0.15) is 23.4 Å². The van der Waals surface area contributed by atoms with Crippen LogP contribution in [0.25, 0.3) is 11.3 Å². The summed E-state index contributed by atoms with van der Waals surface area (Å²) in [4.78, 5) is 21.0. The number of alkyl halides is 2. The van der Waals surface area contributed by atoms with Crippen molar-refractivity contribution in [3.05, 3.63) is 53.5 Å². The molecule has 2 heterocycles. The van der Waals surface area contributed by atoms with E-state index in [0.717, 1.165) is 25.2 Å². The van der Waals surface area contributed by atoms with Gasteiger partial charge in [-0.1, -0.05) is 0 Å². The first-order chi connectivity index (χ1) is 17.0. The van der Waals surface area contributed by atoms with Gasteiger partial charge in [0, 0.05) is 68.1 Å². The van der Waals surface area contributed by atoms with Crippen molar-refractivity contribution in [3.63, 3.8) is 0 Å². The van der Waals surface area contributed by atoms with E-state index in [1.54, 1.807) is 0 Å². The van der Waals surface area contributed by atoms with Crippen LogP contribution in [0.4, 0.5) is 22.0 Å². The summed E-state index contributed by atoms with van der Waals surface area (Å²) in [6.45, 7) is 7.01. The predicted octanol–water partition coefficient (Wildman–Crippen LogP) is 4.41. The van der Waals surface area contributed by atoms with Crippen molar-refractivity contribution >= 4 is 5.91 Å². The molecular formula is C26H31F5N4O. The first kappa shape index (κ1) is 26.5. The molecule has 10 heteroatoms. The Morgan fingerprint density at radius 3 is 2.42 bits per heavy atom. The number of hydrogen-bond acceptors (Lipinski definition) is 4. The van der Waals surface area contributed by atoms with Crippen LogP contribution < -0.4 is 5.32 Å². The highest BCUT2D eigenvalue weighted by atomic mass is 19.3. The lowest BCUT2D eigenvalue weighted by atomic mass is 9.85. The van der Waals surface area contributed by atoms with Crippen LogP contribution in [0.5, 0.6) is 0 Å². The molecule has 0 radical (unpaired) electrons. The smallest absolute Gasteiger partial charge is 0.269 e. The number of nitrogens with zero attached hydrogens (tertiary/aromatic N) is 3. The zero-order chi connectivity index (χ0) is 26.0. The van der Waals surface area contributed by atoms with Crippen LogP contribution in [0.3, 0.4) is 0 Å². The van der Waals surface area contributed by atoms with Crippen LogP contribution in [-0.2, 0) is 11.2 Å². The van der Waals surface area contributed by atoms with Crippen molar-refractivity contribution in [1.82, 2.24) is 20.1 Å². The number of piperazine rings is 1. The summed E-state index contributed by atoms with van der Waals surface area (Å²) < 4.78 is 72.4. The van der Waals surface area contributed by atoms with Crippen LogP contribution in [0, 0.1) is 17.5 Å². The van der Waals surface area contributed by atoms with E-state index >= 15 is 13.2 Å². The Balaban J connectivity index is 1.49. The zero-order valence-corrected chi connectivity index (χ0v) is 20.4. The van der Waals surface area contributed by atoms with E-state index in [-0.39, 0.29) is 23.2 Å². The standard InChI is InChI=1S/C26H31F5N4O/c1-16(2)34-8-10-35(11-9-34)21-4-3-6-26(30,31)25(21)33-22(36)14-17-5-7-32-24(23(17)29)18-12-19(27)15-20(28)13-18/h5,7,12-13,15-16,21,25H,3-4,6,8-11,14H2,1-2H3,(H,33,36)/t21-,25+/m0/s1. The minimum Gasteiger partial charge on any atom is -0.345 e. The molecule has 1 amide bonds. The SMILES string of the molecule is CC(C)N1CCN([C@H]2CCCC(F)(F)[C@@H]2NC(=O)Cc2ccnc(-c3cc(F)cc(F)c3)c2F)CC1. The summed E-state index contributed by atoms with van der Waals surface area (Å²) in [6, 6.07) is 2.26. The molecule has 0 spiro atoms. The number of nitrogens with one attached hydrogen (secondary N) is 1. The van der Waals surface area contributed by atoms with Crippen molar-refractivity contribution < 1.29 is 26.7 Å². The fourth-order valence-corrected chi connectivity index (χ4v) is 5.24. The number of benzene rings is 1. The number of carbonyl (C=O) groups is 1. The quantitative estimate of drug-likeness (QED) is 0.586. The van der Waals surface area contributed by atoms with Crippen LogP contribution in [0.2, 0.25) is 0 Å². The van der Waals surface area contributed by atoms with Crippen molar-refractivity contribution in [2.24, 2.45) is 0 Å².